The summed E-state index contributed by atoms with van der Waals surface area (Å²) < 4.78 is 3.91. The van der Waals surface area contributed by atoms with E-state index in [1.54, 1.807) is 0 Å². The van der Waals surface area contributed by atoms with E-state index in [9.17, 15) is 0 Å². The molecule has 1 fully saturated rings. The van der Waals surface area contributed by atoms with Crippen molar-refractivity contribution in [1.29, 1.82) is 0 Å². The molecule has 0 amide bonds. The summed E-state index contributed by atoms with van der Waals surface area (Å²) in [5.74, 6) is 1.30. The molecule has 1 heterocycles. The van der Waals surface area contributed by atoms with E-state index in [0.29, 0.717) is 5.95 Å². The third-order valence-electron chi connectivity index (χ3n) is 2.75. The highest BCUT2D eigenvalue weighted by atomic mass is 32.1. The predicted octanol–water partition coefficient (Wildman–Crippen LogP) is 2.11. The van der Waals surface area contributed by atoms with Crippen LogP contribution in [0.25, 0.3) is 0 Å². The van der Waals surface area contributed by atoms with Crippen LogP contribution in [0.2, 0.25) is 0 Å². The highest BCUT2D eigenvalue weighted by Gasteiger charge is 2.14. The van der Waals surface area contributed by atoms with Gasteiger partial charge in [0.2, 0.25) is 11.1 Å². The Morgan fingerprint density at radius 3 is 2.86 bits per heavy atom. The summed E-state index contributed by atoms with van der Waals surface area (Å²) in [4.78, 5) is 4.05. The Labute approximate surface area is 88.1 Å². The zero-order chi connectivity index (χ0) is 9.80. The van der Waals surface area contributed by atoms with Gasteiger partial charge in [-0.2, -0.15) is 9.36 Å². The Balaban J connectivity index is 1.67. The number of hydrogen-bond acceptors (Lipinski definition) is 5. The Morgan fingerprint density at radius 1 is 1.43 bits per heavy atom. The van der Waals surface area contributed by atoms with Gasteiger partial charge in [0.15, 0.2) is 0 Å². The van der Waals surface area contributed by atoms with Gasteiger partial charge in [0.05, 0.1) is 0 Å². The largest absolute Gasteiger partial charge is 0.367 e. The van der Waals surface area contributed by atoms with Crippen molar-refractivity contribution in [3.05, 3.63) is 0 Å². The summed E-state index contributed by atoms with van der Waals surface area (Å²) in [6.07, 6.45) is 6.88. The average molecular weight is 212 g/mol. The molecule has 0 saturated heterocycles. The summed E-state index contributed by atoms with van der Waals surface area (Å²) in [6, 6.07) is 0. The molecule has 1 aliphatic carbocycles. The molecule has 14 heavy (non-hydrogen) atoms. The first kappa shape index (κ1) is 9.71. The fourth-order valence-corrected chi connectivity index (χ4v) is 2.51. The molecule has 0 bridgehead atoms. The average Bonchev–Trinajstić information content (AvgIpc) is 2.77. The second-order valence-electron chi connectivity index (χ2n) is 3.82. The van der Waals surface area contributed by atoms with Crippen LogP contribution in [0.3, 0.4) is 0 Å². The molecule has 0 spiro atoms. The number of rotatable bonds is 4. The maximum atomic E-state index is 5.42. The molecule has 1 saturated carbocycles. The number of aromatic nitrogens is 2. The van der Waals surface area contributed by atoms with Gasteiger partial charge in [-0.25, -0.2) is 0 Å². The van der Waals surface area contributed by atoms with Crippen LogP contribution < -0.4 is 11.1 Å². The van der Waals surface area contributed by atoms with E-state index in [4.69, 9.17) is 5.73 Å². The lowest BCUT2D eigenvalue weighted by Crippen LogP contribution is -2.06. The molecule has 2 rings (SSSR count). The Morgan fingerprint density at radius 2 is 2.21 bits per heavy atom. The van der Waals surface area contributed by atoms with Crippen LogP contribution in [0.1, 0.15) is 32.1 Å². The summed E-state index contributed by atoms with van der Waals surface area (Å²) in [7, 11) is 0. The Kier molecular flexibility index (Phi) is 3.18. The van der Waals surface area contributed by atoms with Gasteiger partial charge < -0.3 is 11.1 Å². The van der Waals surface area contributed by atoms with Crippen molar-refractivity contribution in [2.45, 2.75) is 32.1 Å². The topological polar surface area (TPSA) is 63.8 Å². The number of anilines is 2. The van der Waals surface area contributed by atoms with Crippen molar-refractivity contribution in [3.63, 3.8) is 0 Å². The first-order valence-electron chi connectivity index (χ1n) is 5.17. The molecule has 0 aromatic carbocycles. The quantitative estimate of drug-likeness (QED) is 0.802. The monoisotopic (exact) mass is 212 g/mol. The second-order valence-corrected chi connectivity index (χ2v) is 4.58. The molecule has 5 heteroatoms. The first-order valence-corrected chi connectivity index (χ1v) is 5.95. The molecule has 0 aliphatic heterocycles. The highest BCUT2D eigenvalue weighted by Crippen LogP contribution is 2.27. The van der Waals surface area contributed by atoms with Gasteiger partial charge in [0, 0.05) is 18.1 Å². The third kappa shape index (κ3) is 2.57. The van der Waals surface area contributed by atoms with E-state index in [1.165, 1.54) is 43.6 Å². The number of nitrogens with two attached hydrogens (primary N) is 1. The van der Waals surface area contributed by atoms with Crippen LogP contribution in [0.5, 0.6) is 0 Å². The number of hydrogen-bond donors (Lipinski definition) is 2. The van der Waals surface area contributed by atoms with Crippen molar-refractivity contribution in [3.8, 4) is 0 Å². The summed E-state index contributed by atoms with van der Waals surface area (Å²) >= 11 is 1.33. The lowest BCUT2D eigenvalue weighted by atomic mass is 10.0. The van der Waals surface area contributed by atoms with Crippen LogP contribution in [0.15, 0.2) is 0 Å². The highest BCUT2D eigenvalue weighted by molar-refractivity contribution is 7.09. The fraction of sp³-hybridized carbons (Fsp3) is 0.778. The van der Waals surface area contributed by atoms with E-state index in [2.05, 4.69) is 14.7 Å². The Bertz CT molecular complexity index is 280. The second kappa shape index (κ2) is 4.59. The zero-order valence-electron chi connectivity index (χ0n) is 8.20. The van der Waals surface area contributed by atoms with Gasteiger partial charge in [-0.1, -0.05) is 25.7 Å². The normalized spacial score (nSPS) is 17.4. The minimum absolute atomic E-state index is 0.373. The van der Waals surface area contributed by atoms with Crippen LogP contribution in [0.4, 0.5) is 11.1 Å². The van der Waals surface area contributed by atoms with Gasteiger partial charge in [-0.05, 0) is 12.3 Å². The minimum atomic E-state index is 0.373. The van der Waals surface area contributed by atoms with Crippen LogP contribution in [-0.2, 0) is 0 Å². The standard InChI is InChI=1S/C9H16N4S/c10-8-12-9(14-13-8)11-6-5-7-3-1-2-4-7/h7H,1-6H2,(H3,10,11,12,13). The molecule has 78 valence electrons. The van der Waals surface area contributed by atoms with E-state index in [0.717, 1.165) is 17.6 Å². The molecule has 4 nitrogen and oxygen atoms in total. The lowest BCUT2D eigenvalue weighted by Gasteiger charge is -2.07. The summed E-state index contributed by atoms with van der Waals surface area (Å²) in [5.41, 5.74) is 5.42. The van der Waals surface area contributed by atoms with Crippen LogP contribution >= 0.6 is 11.5 Å². The molecule has 1 aromatic rings. The summed E-state index contributed by atoms with van der Waals surface area (Å²) in [5, 5.41) is 4.10. The summed E-state index contributed by atoms with van der Waals surface area (Å²) in [6.45, 7) is 0.999. The van der Waals surface area contributed by atoms with Gasteiger partial charge in [0.25, 0.3) is 0 Å². The minimum Gasteiger partial charge on any atom is -0.367 e. The number of nitrogens with zero attached hydrogens (tertiary/aromatic N) is 2. The van der Waals surface area contributed by atoms with Gasteiger partial charge >= 0.3 is 0 Å². The number of nitrogen functional groups attached to an aromatic ring is 1. The van der Waals surface area contributed by atoms with E-state index >= 15 is 0 Å². The molecule has 3 N–H and O–H groups in total. The first-order chi connectivity index (χ1) is 6.84. The van der Waals surface area contributed by atoms with E-state index in [1.807, 2.05) is 0 Å². The third-order valence-corrected chi connectivity index (χ3v) is 3.43. The van der Waals surface area contributed by atoms with E-state index in [-0.39, 0.29) is 0 Å². The fourth-order valence-electron chi connectivity index (χ4n) is 1.99. The number of nitrogens with one attached hydrogen (secondary N) is 1. The van der Waals surface area contributed by atoms with Crippen molar-refractivity contribution in [2.75, 3.05) is 17.6 Å². The maximum Gasteiger partial charge on any atom is 0.233 e. The van der Waals surface area contributed by atoms with Gasteiger partial charge in [-0.3, -0.25) is 0 Å². The van der Waals surface area contributed by atoms with Gasteiger partial charge in [-0.15, -0.1) is 0 Å². The van der Waals surface area contributed by atoms with Crippen molar-refractivity contribution >= 4 is 22.6 Å². The molecular weight excluding hydrogens is 196 g/mol. The molecular formula is C9H16N4S. The van der Waals surface area contributed by atoms with Crippen molar-refractivity contribution in [2.24, 2.45) is 5.92 Å². The lowest BCUT2D eigenvalue weighted by molar-refractivity contribution is 0.518. The molecule has 0 unspecified atom stereocenters. The van der Waals surface area contributed by atoms with Crippen LogP contribution in [0, 0.1) is 5.92 Å². The smallest absolute Gasteiger partial charge is 0.233 e. The Hall–Kier alpha value is -0.840. The molecule has 1 aliphatic rings. The zero-order valence-corrected chi connectivity index (χ0v) is 9.02. The molecule has 1 aromatic heterocycles. The van der Waals surface area contributed by atoms with Crippen molar-refractivity contribution < 1.29 is 0 Å². The molecule has 0 atom stereocenters. The molecule has 0 radical (unpaired) electrons. The predicted molar refractivity (Wildman–Crippen MR) is 59.4 cm³/mol. The van der Waals surface area contributed by atoms with Crippen molar-refractivity contribution in [1.82, 2.24) is 9.36 Å². The SMILES string of the molecule is Nc1nsc(NCCC2CCCC2)n1. The van der Waals surface area contributed by atoms with Gasteiger partial charge in [0.1, 0.15) is 0 Å². The maximum absolute atomic E-state index is 5.42. The van der Waals surface area contributed by atoms with E-state index < -0.39 is 0 Å². The van der Waals surface area contributed by atoms with Crippen LogP contribution in [-0.4, -0.2) is 15.9 Å².